The van der Waals surface area contributed by atoms with E-state index in [0.717, 1.165) is 5.69 Å². The highest BCUT2D eigenvalue weighted by Crippen LogP contribution is 2.42. The lowest BCUT2D eigenvalue weighted by Crippen LogP contribution is -2.23. The Morgan fingerprint density at radius 3 is 2.65 bits per heavy atom. The van der Waals surface area contributed by atoms with E-state index in [9.17, 15) is 0 Å². The third kappa shape index (κ3) is 2.58. The van der Waals surface area contributed by atoms with E-state index in [0.29, 0.717) is 17.4 Å². The fourth-order valence-corrected chi connectivity index (χ4v) is 3.49. The van der Waals surface area contributed by atoms with Crippen LogP contribution in [0.1, 0.15) is 33.6 Å². The lowest BCUT2D eigenvalue weighted by Gasteiger charge is -2.21. The summed E-state index contributed by atoms with van der Waals surface area (Å²) in [7, 11) is 0. The third-order valence-electron chi connectivity index (χ3n) is 4.33. The van der Waals surface area contributed by atoms with Gasteiger partial charge in [-0.2, -0.15) is 5.10 Å². The van der Waals surface area contributed by atoms with Crippen LogP contribution in [0.5, 0.6) is 0 Å². The predicted octanol–water partition coefficient (Wildman–Crippen LogP) is 4.11. The summed E-state index contributed by atoms with van der Waals surface area (Å²) in [4.78, 5) is 0. The Hall–Kier alpha value is -1.77. The molecule has 3 heteroatoms. The number of nitrogens with one attached hydrogen (secondary N) is 1. The van der Waals surface area contributed by atoms with Crippen LogP contribution in [0.25, 0.3) is 5.69 Å². The van der Waals surface area contributed by atoms with E-state index in [1.54, 1.807) is 0 Å². The molecular weight excluding hydrogens is 246 g/mol. The van der Waals surface area contributed by atoms with Gasteiger partial charge in [-0.05, 0) is 42.4 Å². The SMILES string of the molecule is CC1CC(C)(C)CC1Nc1ccccc1-n1cccn1. The molecule has 1 aliphatic carbocycles. The van der Waals surface area contributed by atoms with Gasteiger partial charge in [0, 0.05) is 18.4 Å². The lowest BCUT2D eigenvalue weighted by atomic mass is 9.91. The summed E-state index contributed by atoms with van der Waals surface area (Å²) in [5, 5.41) is 8.09. The van der Waals surface area contributed by atoms with Crippen molar-refractivity contribution in [2.24, 2.45) is 11.3 Å². The van der Waals surface area contributed by atoms with Crippen LogP contribution in [0.15, 0.2) is 42.7 Å². The molecule has 106 valence electrons. The summed E-state index contributed by atoms with van der Waals surface area (Å²) in [5.74, 6) is 0.704. The van der Waals surface area contributed by atoms with E-state index >= 15 is 0 Å². The molecule has 1 aromatic heterocycles. The maximum absolute atomic E-state index is 4.35. The molecule has 0 aliphatic heterocycles. The second-order valence-electron chi connectivity index (χ2n) is 6.77. The molecule has 0 radical (unpaired) electrons. The quantitative estimate of drug-likeness (QED) is 0.908. The molecule has 1 saturated carbocycles. The second kappa shape index (κ2) is 4.97. The van der Waals surface area contributed by atoms with Crippen molar-refractivity contribution in [3.05, 3.63) is 42.7 Å². The molecule has 3 nitrogen and oxygen atoms in total. The molecule has 1 fully saturated rings. The Morgan fingerprint density at radius 2 is 2.00 bits per heavy atom. The fraction of sp³-hybridized carbons (Fsp3) is 0.471. The Morgan fingerprint density at radius 1 is 1.20 bits per heavy atom. The molecule has 1 aromatic carbocycles. The van der Waals surface area contributed by atoms with Crippen molar-refractivity contribution in [2.45, 2.75) is 39.7 Å². The van der Waals surface area contributed by atoms with Gasteiger partial charge in [-0.3, -0.25) is 0 Å². The van der Waals surface area contributed by atoms with Crippen LogP contribution in [-0.2, 0) is 0 Å². The first kappa shape index (κ1) is 13.2. The van der Waals surface area contributed by atoms with Crippen LogP contribution in [0, 0.1) is 11.3 Å². The minimum absolute atomic E-state index is 0.442. The van der Waals surface area contributed by atoms with Gasteiger partial charge in [-0.1, -0.05) is 32.9 Å². The zero-order valence-electron chi connectivity index (χ0n) is 12.5. The number of nitrogens with zero attached hydrogens (tertiary/aromatic N) is 2. The molecule has 3 rings (SSSR count). The predicted molar refractivity (Wildman–Crippen MR) is 83.2 cm³/mol. The van der Waals surface area contributed by atoms with Crippen molar-refractivity contribution in [3.8, 4) is 5.69 Å². The highest BCUT2D eigenvalue weighted by Gasteiger charge is 2.36. The van der Waals surface area contributed by atoms with Gasteiger partial charge >= 0.3 is 0 Å². The Kier molecular flexibility index (Phi) is 3.28. The van der Waals surface area contributed by atoms with Crippen LogP contribution in [-0.4, -0.2) is 15.8 Å². The number of aromatic nitrogens is 2. The van der Waals surface area contributed by atoms with E-state index < -0.39 is 0 Å². The van der Waals surface area contributed by atoms with Gasteiger partial charge in [0.15, 0.2) is 0 Å². The fourth-order valence-electron chi connectivity index (χ4n) is 3.49. The van der Waals surface area contributed by atoms with Gasteiger partial charge in [0.1, 0.15) is 0 Å². The van der Waals surface area contributed by atoms with Crippen molar-refractivity contribution >= 4 is 5.69 Å². The smallest absolute Gasteiger partial charge is 0.0876 e. The standard InChI is InChI=1S/C17H23N3/c1-13-11-17(2,3)12-15(13)19-14-7-4-5-8-16(14)20-10-6-9-18-20/h4-10,13,15,19H,11-12H2,1-3H3. The highest BCUT2D eigenvalue weighted by atomic mass is 15.3. The van der Waals surface area contributed by atoms with E-state index in [2.05, 4.69) is 55.5 Å². The van der Waals surface area contributed by atoms with E-state index in [1.165, 1.54) is 18.5 Å². The zero-order chi connectivity index (χ0) is 14.2. The molecule has 0 bridgehead atoms. The average molecular weight is 269 g/mol. The Bertz CT molecular complexity index is 572. The number of benzene rings is 1. The van der Waals surface area contributed by atoms with Crippen LogP contribution in [0.3, 0.4) is 0 Å². The maximum Gasteiger partial charge on any atom is 0.0876 e. The van der Waals surface area contributed by atoms with E-state index in [4.69, 9.17) is 0 Å². The summed E-state index contributed by atoms with van der Waals surface area (Å²) in [5.41, 5.74) is 2.73. The lowest BCUT2D eigenvalue weighted by molar-refractivity contribution is 0.366. The molecule has 2 atom stereocenters. The molecule has 0 spiro atoms. The molecule has 20 heavy (non-hydrogen) atoms. The van der Waals surface area contributed by atoms with Gasteiger partial charge in [0.2, 0.25) is 0 Å². The molecular formula is C17H23N3. The van der Waals surface area contributed by atoms with Crippen LogP contribution >= 0.6 is 0 Å². The molecule has 2 unspecified atom stereocenters. The summed E-state index contributed by atoms with van der Waals surface area (Å²) >= 11 is 0. The second-order valence-corrected chi connectivity index (χ2v) is 6.77. The summed E-state index contributed by atoms with van der Waals surface area (Å²) in [6.45, 7) is 7.08. The average Bonchev–Trinajstić information content (AvgIpc) is 2.99. The molecule has 0 amide bonds. The number of anilines is 1. The van der Waals surface area contributed by atoms with Crippen molar-refractivity contribution in [1.29, 1.82) is 0 Å². The van der Waals surface area contributed by atoms with E-state index in [-0.39, 0.29) is 0 Å². The highest BCUT2D eigenvalue weighted by molar-refractivity contribution is 5.61. The van der Waals surface area contributed by atoms with Gasteiger partial charge in [-0.25, -0.2) is 4.68 Å². The van der Waals surface area contributed by atoms with Crippen molar-refractivity contribution in [1.82, 2.24) is 9.78 Å². The van der Waals surface area contributed by atoms with Crippen LogP contribution < -0.4 is 5.32 Å². The molecule has 0 saturated heterocycles. The molecule has 1 heterocycles. The maximum atomic E-state index is 4.35. The van der Waals surface area contributed by atoms with Gasteiger partial charge in [0.25, 0.3) is 0 Å². The molecule has 1 N–H and O–H groups in total. The third-order valence-corrected chi connectivity index (χ3v) is 4.33. The number of para-hydroxylation sites is 2. The first-order valence-corrected chi connectivity index (χ1v) is 7.41. The number of hydrogen-bond acceptors (Lipinski definition) is 2. The summed E-state index contributed by atoms with van der Waals surface area (Å²) < 4.78 is 1.92. The normalized spacial score (nSPS) is 24.8. The zero-order valence-corrected chi connectivity index (χ0v) is 12.5. The minimum Gasteiger partial charge on any atom is -0.380 e. The van der Waals surface area contributed by atoms with Crippen LogP contribution in [0.2, 0.25) is 0 Å². The minimum atomic E-state index is 0.442. The molecule has 2 aromatic rings. The van der Waals surface area contributed by atoms with Gasteiger partial charge in [-0.15, -0.1) is 0 Å². The topological polar surface area (TPSA) is 29.9 Å². The van der Waals surface area contributed by atoms with Crippen molar-refractivity contribution in [3.63, 3.8) is 0 Å². The monoisotopic (exact) mass is 269 g/mol. The number of rotatable bonds is 3. The van der Waals surface area contributed by atoms with Crippen molar-refractivity contribution in [2.75, 3.05) is 5.32 Å². The summed E-state index contributed by atoms with van der Waals surface area (Å²) in [6, 6.07) is 10.9. The largest absolute Gasteiger partial charge is 0.380 e. The van der Waals surface area contributed by atoms with Crippen LogP contribution in [0.4, 0.5) is 5.69 Å². The Labute approximate surface area is 121 Å². The van der Waals surface area contributed by atoms with Gasteiger partial charge < -0.3 is 5.32 Å². The van der Waals surface area contributed by atoms with E-state index in [1.807, 2.05) is 23.1 Å². The number of hydrogen-bond donors (Lipinski definition) is 1. The first-order chi connectivity index (χ1) is 9.55. The van der Waals surface area contributed by atoms with Crippen molar-refractivity contribution < 1.29 is 0 Å². The Balaban J connectivity index is 1.85. The van der Waals surface area contributed by atoms with Gasteiger partial charge in [0.05, 0.1) is 11.4 Å². The summed E-state index contributed by atoms with van der Waals surface area (Å²) in [6.07, 6.45) is 6.32. The first-order valence-electron chi connectivity index (χ1n) is 7.41. The molecule has 1 aliphatic rings.